The van der Waals surface area contributed by atoms with Gasteiger partial charge in [0.15, 0.2) is 0 Å². The first-order chi connectivity index (χ1) is 9.91. The quantitative estimate of drug-likeness (QED) is 0.866. The van der Waals surface area contributed by atoms with E-state index in [1.165, 1.54) is 6.42 Å². The second kappa shape index (κ2) is 9.48. The first kappa shape index (κ1) is 22.2. The van der Waals surface area contributed by atoms with Gasteiger partial charge in [-0.15, -0.1) is 24.8 Å². The van der Waals surface area contributed by atoms with Crippen LogP contribution < -0.4 is 11.1 Å². The van der Waals surface area contributed by atoms with Crippen LogP contribution in [0.2, 0.25) is 0 Å². The van der Waals surface area contributed by atoms with Crippen molar-refractivity contribution in [1.29, 1.82) is 0 Å². The van der Waals surface area contributed by atoms with Crippen molar-refractivity contribution in [2.24, 2.45) is 5.73 Å². The summed E-state index contributed by atoms with van der Waals surface area (Å²) in [6.45, 7) is 1.78. The topological polar surface area (TPSA) is 58.4 Å². The van der Waals surface area contributed by atoms with E-state index in [-0.39, 0.29) is 36.8 Å². The van der Waals surface area contributed by atoms with Gasteiger partial charge in [0.1, 0.15) is 5.54 Å². The highest BCUT2D eigenvalue weighted by atomic mass is 35.5. The molecule has 1 saturated carbocycles. The minimum Gasteiger partial charge on any atom is -0.351 e. The van der Waals surface area contributed by atoms with Gasteiger partial charge in [-0.2, -0.15) is 0 Å². The maximum Gasteiger partial charge on any atom is 0.244 e. The average molecular weight is 362 g/mol. The van der Waals surface area contributed by atoms with E-state index in [1.807, 2.05) is 30.3 Å². The largest absolute Gasteiger partial charge is 0.351 e. The normalized spacial score (nSPS) is 23.2. The number of hydrogen-bond donors (Lipinski definition) is 2. The Labute approximate surface area is 152 Å². The lowest BCUT2D eigenvalue weighted by Gasteiger charge is -2.35. The smallest absolute Gasteiger partial charge is 0.244 e. The van der Waals surface area contributed by atoms with E-state index < -0.39 is 5.54 Å². The lowest BCUT2D eigenvalue weighted by molar-refractivity contribution is -0.127. The summed E-state index contributed by atoms with van der Waals surface area (Å²) >= 11 is 0. The molecule has 0 heterocycles. The lowest BCUT2D eigenvalue weighted by atomic mass is 9.88. The number of halogens is 2. The van der Waals surface area contributed by atoms with Gasteiger partial charge >= 0.3 is 0 Å². The zero-order chi connectivity index (χ0) is 15.5. The molecule has 1 amide bonds. The van der Waals surface area contributed by atoms with Gasteiger partial charge in [-0.05, 0) is 52.3 Å². The predicted octanol–water partition coefficient (Wildman–Crippen LogP) is 2.69. The van der Waals surface area contributed by atoms with E-state index in [2.05, 4.69) is 24.3 Å². The number of nitrogens with zero attached hydrogens (tertiary/aromatic N) is 1. The minimum absolute atomic E-state index is 0. The molecular weight excluding hydrogens is 333 g/mol. The molecule has 132 valence electrons. The molecule has 1 aliphatic rings. The Bertz CT molecular complexity index is 480. The average Bonchev–Trinajstić information content (AvgIpc) is 2.48. The molecule has 6 heteroatoms. The van der Waals surface area contributed by atoms with E-state index >= 15 is 0 Å². The highest BCUT2D eigenvalue weighted by molar-refractivity contribution is 5.87. The van der Waals surface area contributed by atoms with Gasteiger partial charge in [-0.3, -0.25) is 4.79 Å². The van der Waals surface area contributed by atoms with Crippen LogP contribution in [0.4, 0.5) is 0 Å². The first-order valence-electron chi connectivity index (χ1n) is 7.73. The van der Waals surface area contributed by atoms with Crippen LogP contribution in [0.5, 0.6) is 0 Å². The van der Waals surface area contributed by atoms with Gasteiger partial charge in [0.2, 0.25) is 5.91 Å². The van der Waals surface area contributed by atoms with Gasteiger partial charge < -0.3 is 16.0 Å². The van der Waals surface area contributed by atoms with Gasteiger partial charge in [-0.25, -0.2) is 0 Å². The number of rotatable bonds is 4. The Morgan fingerprint density at radius 2 is 1.83 bits per heavy atom. The summed E-state index contributed by atoms with van der Waals surface area (Å²) in [6.07, 6.45) is 4.41. The maximum atomic E-state index is 12.6. The number of nitrogens with one attached hydrogen (secondary N) is 1. The Hall–Kier alpha value is -0.810. The number of carbonyl (C=O) groups excluding carboxylic acids is 1. The van der Waals surface area contributed by atoms with Crippen LogP contribution in [0.3, 0.4) is 0 Å². The molecule has 1 aromatic rings. The van der Waals surface area contributed by atoms with Crippen molar-refractivity contribution < 1.29 is 4.79 Å². The molecule has 23 heavy (non-hydrogen) atoms. The van der Waals surface area contributed by atoms with Crippen LogP contribution in [0.15, 0.2) is 30.3 Å². The number of nitrogens with two attached hydrogens (primary N) is 1. The Morgan fingerprint density at radius 3 is 2.39 bits per heavy atom. The van der Waals surface area contributed by atoms with Crippen LogP contribution in [0, 0.1) is 0 Å². The predicted molar refractivity (Wildman–Crippen MR) is 100 cm³/mol. The van der Waals surface area contributed by atoms with Gasteiger partial charge in [0.25, 0.3) is 0 Å². The van der Waals surface area contributed by atoms with Crippen molar-refractivity contribution in [3.63, 3.8) is 0 Å². The number of carbonyl (C=O) groups is 1. The third-order valence-corrected chi connectivity index (χ3v) is 4.56. The van der Waals surface area contributed by atoms with Crippen LogP contribution in [0.1, 0.15) is 38.2 Å². The van der Waals surface area contributed by atoms with Crippen LogP contribution in [-0.2, 0) is 10.3 Å². The highest BCUT2D eigenvalue weighted by Crippen LogP contribution is 2.23. The van der Waals surface area contributed by atoms with Gasteiger partial charge in [-0.1, -0.05) is 30.3 Å². The zero-order valence-corrected chi connectivity index (χ0v) is 15.8. The van der Waals surface area contributed by atoms with Crippen molar-refractivity contribution in [2.75, 3.05) is 14.1 Å². The van der Waals surface area contributed by atoms with E-state index in [4.69, 9.17) is 5.73 Å². The van der Waals surface area contributed by atoms with Crippen molar-refractivity contribution in [1.82, 2.24) is 10.2 Å². The molecule has 3 atom stereocenters. The lowest BCUT2D eigenvalue weighted by Crippen LogP contribution is -2.53. The Balaban J connectivity index is 0.00000242. The molecule has 1 aromatic carbocycles. The first-order valence-corrected chi connectivity index (χ1v) is 7.73. The van der Waals surface area contributed by atoms with E-state index in [0.717, 1.165) is 24.8 Å². The van der Waals surface area contributed by atoms with Crippen molar-refractivity contribution >= 4 is 30.7 Å². The van der Waals surface area contributed by atoms with Crippen LogP contribution in [0.25, 0.3) is 0 Å². The third kappa shape index (κ3) is 5.64. The highest BCUT2D eigenvalue weighted by Gasteiger charge is 2.33. The second-order valence-electron chi connectivity index (χ2n) is 6.52. The molecule has 0 radical (unpaired) electrons. The standard InChI is InChI=1S/C17H27N3O.2ClH/c1-17(18,13-8-5-4-6-9-13)16(21)19-14-10-7-11-15(12-14)20(2)3;;/h4-6,8-9,14-15H,7,10-12,18H2,1-3H3,(H,19,21);2*1H. The fourth-order valence-corrected chi connectivity index (χ4v) is 3.01. The molecule has 1 fully saturated rings. The second-order valence-corrected chi connectivity index (χ2v) is 6.52. The summed E-state index contributed by atoms with van der Waals surface area (Å²) in [5.41, 5.74) is 6.14. The van der Waals surface area contributed by atoms with E-state index in [0.29, 0.717) is 6.04 Å². The zero-order valence-electron chi connectivity index (χ0n) is 14.1. The summed E-state index contributed by atoms with van der Waals surface area (Å²) in [5.74, 6) is -0.0851. The summed E-state index contributed by atoms with van der Waals surface area (Å²) in [5, 5.41) is 3.15. The summed E-state index contributed by atoms with van der Waals surface area (Å²) in [4.78, 5) is 14.8. The molecule has 0 aromatic heterocycles. The van der Waals surface area contributed by atoms with Crippen molar-refractivity contribution in [3.8, 4) is 0 Å². The molecule has 0 bridgehead atoms. The van der Waals surface area contributed by atoms with Gasteiger partial charge in [0, 0.05) is 12.1 Å². The van der Waals surface area contributed by atoms with Gasteiger partial charge in [0.05, 0.1) is 0 Å². The van der Waals surface area contributed by atoms with Crippen molar-refractivity contribution in [3.05, 3.63) is 35.9 Å². The third-order valence-electron chi connectivity index (χ3n) is 4.56. The monoisotopic (exact) mass is 361 g/mol. The SMILES string of the molecule is CN(C)C1CCCC(NC(=O)C(C)(N)c2ccccc2)C1.Cl.Cl. The van der Waals surface area contributed by atoms with Crippen LogP contribution >= 0.6 is 24.8 Å². The molecule has 0 spiro atoms. The maximum absolute atomic E-state index is 12.6. The summed E-state index contributed by atoms with van der Waals surface area (Å²) < 4.78 is 0. The number of amides is 1. The number of hydrogen-bond acceptors (Lipinski definition) is 3. The summed E-state index contributed by atoms with van der Waals surface area (Å²) in [7, 11) is 4.21. The van der Waals surface area contributed by atoms with Crippen LogP contribution in [-0.4, -0.2) is 37.0 Å². The molecule has 0 aliphatic heterocycles. The molecule has 0 saturated heterocycles. The Morgan fingerprint density at radius 1 is 1.22 bits per heavy atom. The molecule has 2 rings (SSSR count). The fraction of sp³-hybridized carbons (Fsp3) is 0.588. The minimum atomic E-state index is -0.980. The molecule has 1 aliphatic carbocycles. The molecule has 4 nitrogen and oxygen atoms in total. The van der Waals surface area contributed by atoms with Crippen molar-refractivity contribution in [2.45, 2.75) is 50.2 Å². The molecule has 3 N–H and O–H groups in total. The Kier molecular flexibility index (Phi) is 9.14. The molecular formula is C17H29Cl2N3O. The molecule has 3 unspecified atom stereocenters. The van der Waals surface area contributed by atoms with E-state index in [1.54, 1.807) is 6.92 Å². The number of benzene rings is 1. The van der Waals surface area contributed by atoms with E-state index in [9.17, 15) is 4.79 Å². The fourth-order valence-electron chi connectivity index (χ4n) is 3.01. The summed E-state index contributed by atoms with van der Waals surface area (Å²) in [6, 6.07) is 10.3.